The van der Waals surface area contributed by atoms with Crippen molar-refractivity contribution in [3.8, 4) is 5.75 Å². The molecule has 0 spiro atoms. The van der Waals surface area contributed by atoms with E-state index in [2.05, 4.69) is 5.32 Å². The maximum Gasteiger partial charge on any atom is 0.264 e. The molecule has 0 radical (unpaired) electrons. The highest BCUT2D eigenvalue weighted by atomic mass is 35.5. The van der Waals surface area contributed by atoms with E-state index in [1.165, 1.54) is 29.2 Å². The zero-order chi connectivity index (χ0) is 27.9. The number of rotatable bonds is 11. The van der Waals surface area contributed by atoms with Crippen molar-refractivity contribution in [2.45, 2.75) is 31.3 Å². The Bertz CT molecular complexity index is 1370. The normalized spacial score (nSPS) is 11.9. The molecular formula is C27H29Cl2N3O5S. The Hall–Kier alpha value is -3.27. The number of methoxy groups -OCH3 is 1. The summed E-state index contributed by atoms with van der Waals surface area (Å²) in [6, 6.07) is 18.4. The van der Waals surface area contributed by atoms with Crippen molar-refractivity contribution >= 4 is 50.7 Å². The fourth-order valence-electron chi connectivity index (χ4n) is 3.75. The van der Waals surface area contributed by atoms with Crippen LogP contribution >= 0.6 is 23.2 Å². The van der Waals surface area contributed by atoms with Gasteiger partial charge in [0.05, 0.1) is 27.7 Å². The first-order valence-electron chi connectivity index (χ1n) is 11.8. The van der Waals surface area contributed by atoms with Crippen molar-refractivity contribution in [3.63, 3.8) is 0 Å². The van der Waals surface area contributed by atoms with E-state index in [9.17, 15) is 18.0 Å². The molecule has 0 saturated heterocycles. The summed E-state index contributed by atoms with van der Waals surface area (Å²) in [5.74, 6) is -0.332. The molecule has 3 rings (SSSR count). The first-order valence-corrected chi connectivity index (χ1v) is 14.0. The molecule has 202 valence electrons. The van der Waals surface area contributed by atoms with E-state index >= 15 is 0 Å². The van der Waals surface area contributed by atoms with Crippen LogP contribution in [0.2, 0.25) is 10.0 Å². The van der Waals surface area contributed by atoms with Crippen LogP contribution in [0.5, 0.6) is 5.75 Å². The number of anilines is 1. The second kappa shape index (κ2) is 13.0. The standard InChI is InChI=1S/C27H29Cl2N3O5S/c1-4-30-27(34)19(2)31(17-20-13-15-21(37-3)16-14-20)25(33)18-32(24-12-8-11-23(28)26(24)29)38(35,36)22-9-6-5-7-10-22/h5-16,19H,4,17-18H2,1-3H3,(H,30,34)/t19-/m1/s1. The second-order valence-corrected chi connectivity index (χ2v) is 11.0. The molecule has 0 heterocycles. The fourth-order valence-corrected chi connectivity index (χ4v) is 5.64. The van der Waals surface area contributed by atoms with Crippen molar-refractivity contribution in [3.05, 3.63) is 88.4 Å². The summed E-state index contributed by atoms with van der Waals surface area (Å²) in [4.78, 5) is 27.9. The number of carbonyl (C=O) groups excluding carboxylic acids is 2. The summed E-state index contributed by atoms with van der Waals surface area (Å²) < 4.78 is 33.6. The van der Waals surface area contributed by atoms with Gasteiger partial charge in [0.1, 0.15) is 18.3 Å². The van der Waals surface area contributed by atoms with E-state index in [1.807, 2.05) is 0 Å². The van der Waals surface area contributed by atoms with Gasteiger partial charge >= 0.3 is 0 Å². The number of amides is 2. The number of sulfonamides is 1. The molecule has 0 aliphatic rings. The van der Waals surface area contributed by atoms with Crippen LogP contribution in [0.25, 0.3) is 0 Å². The Morgan fingerprint density at radius 3 is 2.24 bits per heavy atom. The van der Waals surface area contributed by atoms with Gasteiger partial charge in [0, 0.05) is 13.1 Å². The molecular weight excluding hydrogens is 549 g/mol. The largest absolute Gasteiger partial charge is 0.497 e. The highest BCUT2D eigenvalue weighted by Gasteiger charge is 2.33. The first-order chi connectivity index (χ1) is 18.1. The summed E-state index contributed by atoms with van der Waals surface area (Å²) in [5.41, 5.74) is 0.778. The zero-order valence-electron chi connectivity index (χ0n) is 21.2. The van der Waals surface area contributed by atoms with Crippen LogP contribution in [0.15, 0.2) is 77.7 Å². The van der Waals surface area contributed by atoms with Crippen LogP contribution < -0.4 is 14.4 Å². The van der Waals surface area contributed by atoms with Crippen molar-refractivity contribution in [1.29, 1.82) is 0 Å². The van der Waals surface area contributed by atoms with Crippen molar-refractivity contribution < 1.29 is 22.7 Å². The Morgan fingerprint density at radius 2 is 1.63 bits per heavy atom. The van der Waals surface area contributed by atoms with E-state index in [1.54, 1.807) is 69.5 Å². The fraction of sp³-hybridized carbons (Fsp3) is 0.259. The summed E-state index contributed by atoms with van der Waals surface area (Å²) in [5, 5.41) is 2.84. The van der Waals surface area contributed by atoms with Gasteiger partial charge in [-0.15, -0.1) is 0 Å². The van der Waals surface area contributed by atoms with Gasteiger partial charge in [-0.2, -0.15) is 0 Å². The minimum atomic E-state index is -4.23. The molecule has 0 aromatic heterocycles. The number of benzene rings is 3. The summed E-state index contributed by atoms with van der Waals surface area (Å²) in [7, 11) is -2.69. The summed E-state index contributed by atoms with van der Waals surface area (Å²) in [6.07, 6.45) is 0. The van der Waals surface area contributed by atoms with Gasteiger partial charge in [0.15, 0.2) is 0 Å². The van der Waals surface area contributed by atoms with Crippen LogP contribution in [-0.2, 0) is 26.2 Å². The van der Waals surface area contributed by atoms with Crippen LogP contribution in [0.4, 0.5) is 5.69 Å². The molecule has 1 N–H and O–H groups in total. The lowest BCUT2D eigenvalue weighted by Crippen LogP contribution is -2.51. The molecule has 8 nitrogen and oxygen atoms in total. The number of nitrogens with zero attached hydrogens (tertiary/aromatic N) is 2. The monoisotopic (exact) mass is 577 g/mol. The number of ether oxygens (including phenoxy) is 1. The summed E-state index contributed by atoms with van der Waals surface area (Å²) in [6.45, 7) is 3.19. The van der Waals surface area contributed by atoms with E-state index in [0.717, 1.165) is 9.87 Å². The van der Waals surface area contributed by atoms with E-state index in [4.69, 9.17) is 27.9 Å². The van der Waals surface area contributed by atoms with Gasteiger partial charge in [0.2, 0.25) is 11.8 Å². The lowest BCUT2D eigenvalue weighted by Gasteiger charge is -2.32. The van der Waals surface area contributed by atoms with Gasteiger partial charge in [-0.3, -0.25) is 13.9 Å². The molecule has 0 aliphatic carbocycles. The van der Waals surface area contributed by atoms with Crippen LogP contribution in [0.1, 0.15) is 19.4 Å². The molecule has 3 aromatic carbocycles. The van der Waals surface area contributed by atoms with Gasteiger partial charge in [-0.1, -0.05) is 59.6 Å². The molecule has 1 atom stereocenters. The third-order valence-electron chi connectivity index (χ3n) is 5.84. The molecule has 0 saturated carbocycles. The Labute approximate surface area is 233 Å². The molecule has 2 amide bonds. The van der Waals surface area contributed by atoms with E-state index in [0.29, 0.717) is 12.3 Å². The van der Waals surface area contributed by atoms with E-state index in [-0.39, 0.29) is 33.1 Å². The highest BCUT2D eigenvalue weighted by Crippen LogP contribution is 2.35. The van der Waals surface area contributed by atoms with Crippen LogP contribution in [0.3, 0.4) is 0 Å². The molecule has 0 unspecified atom stereocenters. The lowest BCUT2D eigenvalue weighted by molar-refractivity contribution is -0.139. The molecule has 11 heteroatoms. The van der Waals surface area contributed by atoms with Gasteiger partial charge in [-0.05, 0) is 55.8 Å². The molecule has 0 fully saturated rings. The average Bonchev–Trinajstić information content (AvgIpc) is 2.92. The number of halogens is 2. The number of likely N-dealkylation sites (N-methyl/N-ethyl adjacent to an activating group) is 1. The quantitative estimate of drug-likeness (QED) is 0.354. The molecule has 0 bridgehead atoms. The van der Waals surface area contributed by atoms with Gasteiger partial charge < -0.3 is 15.0 Å². The first kappa shape index (κ1) is 29.3. The topological polar surface area (TPSA) is 96.0 Å². The Morgan fingerprint density at radius 1 is 0.974 bits per heavy atom. The SMILES string of the molecule is CCNC(=O)[C@@H](C)N(Cc1ccc(OC)cc1)C(=O)CN(c1cccc(Cl)c1Cl)S(=O)(=O)c1ccccc1. The number of carbonyl (C=O) groups is 2. The van der Waals surface area contributed by atoms with Crippen molar-refractivity contribution in [2.24, 2.45) is 0 Å². The van der Waals surface area contributed by atoms with E-state index < -0.39 is 28.5 Å². The van der Waals surface area contributed by atoms with Crippen molar-refractivity contribution in [2.75, 3.05) is 24.5 Å². The predicted octanol–water partition coefficient (Wildman–Crippen LogP) is 4.75. The van der Waals surface area contributed by atoms with Gasteiger partial charge in [-0.25, -0.2) is 8.42 Å². The minimum Gasteiger partial charge on any atom is -0.497 e. The third kappa shape index (κ3) is 6.78. The molecule has 3 aromatic rings. The second-order valence-electron chi connectivity index (χ2n) is 8.34. The van der Waals surface area contributed by atoms with Crippen LogP contribution in [-0.4, -0.2) is 51.4 Å². The zero-order valence-corrected chi connectivity index (χ0v) is 23.6. The lowest BCUT2D eigenvalue weighted by atomic mass is 10.1. The van der Waals surface area contributed by atoms with Crippen LogP contribution in [0, 0.1) is 0 Å². The maximum absolute atomic E-state index is 13.8. The Balaban J connectivity index is 2.05. The predicted molar refractivity (Wildman–Crippen MR) is 149 cm³/mol. The maximum atomic E-state index is 13.8. The molecule has 38 heavy (non-hydrogen) atoms. The Kier molecular flexibility index (Phi) is 10.0. The number of hydrogen-bond donors (Lipinski definition) is 1. The minimum absolute atomic E-state index is 0.0139. The molecule has 0 aliphatic heterocycles. The van der Waals surface area contributed by atoms with Crippen molar-refractivity contribution in [1.82, 2.24) is 10.2 Å². The highest BCUT2D eigenvalue weighted by molar-refractivity contribution is 7.92. The number of hydrogen-bond acceptors (Lipinski definition) is 5. The average molecular weight is 579 g/mol. The number of nitrogens with one attached hydrogen (secondary N) is 1. The third-order valence-corrected chi connectivity index (χ3v) is 8.42. The summed E-state index contributed by atoms with van der Waals surface area (Å²) >= 11 is 12.6. The van der Waals surface area contributed by atoms with Gasteiger partial charge in [0.25, 0.3) is 10.0 Å². The smallest absolute Gasteiger partial charge is 0.264 e.